The van der Waals surface area contributed by atoms with Gasteiger partial charge in [0.1, 0.15) is 5.76 Å². The zero-order chi connectivity index (χ0) is 21.0. The number of amides is 1. The largest absolute Gasteiger partial charge is 0.463 e. The molecule has 2 aromatic heterocycles. The third-order valence-electron chi connectivity index (χ3n) is 4.32. The number of hydrogen-bond acceptors (Lipinski definition) is 10. The number of thioether (sulfide) groups is 1. The van der Waals surface area contributed by atoms with Gasteiger partial charge in [-0.2, -0.15) is 0 Å². The quantitative estimate of drug-likeness (QED) is 0.373. The van der Waals surface area contributed by atoms with Gasteiger partial charge in [-0.1, -0.05) is 23.1 Å². The fourth-order valence-electron chi connectivity index (χ4n) is 2.77. The summed E-state index contributed by atoms with van der Waals surface area (Å²) in [7, 11) is -1.94. The molecule has 1 N–H and O–H groups in total. The van der Waals surface area contributed by atoms with E-state index in [0.29, 0.717) is 46.9 Å². The van der Waals surface area contributed by atoms with E-state index in [0.717, 1.165) is 0 Å². The summed E-state index contributed by atoms with van der Waals surface area (Å²) in [5.41, 5.74) is 0. The number of piperidine rings is 1. The first-order valence-corrected chi connectivity index (χ1v) is 12.3. The van der Waals surface area contributed by atoms with E-state index < -0.39 is 16.0 Å². The molecule has 0 aromatic carbocycles. The molecule has 0 aliphatic carbocycles. The van der Waals surface area contributed by atoms with Crippen molar-refractivity contribution < 1.29 is 27.2 Å². The molecule has 1 aliphatic heterocycles. The first kappa shape index (κ1) is 21.7. The fraction of sp³-hybridized carbons (Fsp3) is 0.500. The Kier molecular flexibility index (Phi) is 6.93. The third-order valence-corrected chi connectivity index (χ3v) is 7.61. The molecule has 0 radical (unpaired) electrons. The summed E-state index contributed by atoms with van der Waals surface area (Å²) in [5.74, 6) is 0.199. The van der Waals surface area contributed by atoms with Gasteiger partial charge in [0.05, 0.1) is 19.1 Å². The van der Waals surface area contributed by atoms with Crippen molar-refractivity contribution in [1.29, 1.82) is 0 Å². The van der Waals surface area contributed by atoms with Crippen LogP contribution in [0.4, 0.5) is 5.13 Å². The zero-order valence-corrected chi connectivity index (χ0v) is 18.2. The van der Waals surface area contributed by atoms with Crippen LogP contribution in [0.1, 0.15) is 29.2 Å². The summed E-state index contributed by atoms with van der Waals surface area (Å²) in [6, 6.07) is 3.23. The van der Waals surface area contributed by atoms with Crippen LogP contribution in [0.2, 0.25) is 0 Å². The lowest BCUT2D eigenvalue weighted by molar-refractivity contribution is -0.120. The average molecular weight is 461 g/mol. The van der Waals surface area contributed by atoms with E-state index >= 15 is 0 Å². The van der Waals surface area contributed by atoms with Crippen molar-refractivity contribution >= 4 is 50.1 Å². The standard InChI is InChI=1S/C16H20N4O6S3/c1-25-14(22)12-4-3-11(26-12)9-27-16-19-18-15(28-16)17-13(21)10-5-7-20(8-6-10)29(2,23)24/h3-4,10H,5-9H2,1-2H3,(H,17,18,21). The van der Waals surface area contributed by atoms with Crippen molar-refractivity contribution in [3.8, 4) is 0 Å². The van der Waals surface area contributed by atoms with Crippen molar-refractivity contribution in [3.63, 3.8) is 0 Å². The molecule has 10 nitrogen and oxygen atoms in total. The Bertz CT molecular complexity index is 978. The lowest BCUT2D eigenvalue weighted by Gasteiger charge is -2.29. The number of furan rings is 1. The van der Waals surface area contributed by atoms with Crippen LogP contribution in [-0.4, -0.2) is 61.3 Å². The Morgan fingerprint density at radius 3 is 2.72 bits per heavy atom. The van der Waals surface area contributed by atoms with E-state index in [1.165, 1.54) is 40.8 Å². The second-order valence-electron chi connectivity index (χ2n) is 6.34. The van der Waals surface area contributed by atoms with Gasteiger partial charge in [0.2, 0.25) is 26.8 Å². The Morgan fingerprint density at radius 2 is 2.07 bits per heavy atom. The van der Waals surface area contributed by atoms with E-state index in [-0.39, 0.29) is 17.6 Å². The fourth-order valence-corrected chi connectivity index (χ4v) is 5.30. The first-order chi connectivity index (χ1) is 13.8. The number of carbonyl (C=O) groups is 2. The highest BCUT2D eigenvalue weighted by Gasteiger charge is 2.29. The number of rotatable bonds is 7. The number of hydrogen-bond donors (Lipinski definition) is 1. The van der Waals surface area contributed by atoms with Gasteiger partial charge >= 0.3 is 5.97 Å². The first-order valence-electron chi connectivity index (χ1n) is 8.65. The highest BCUT2D eigenvalue weighted by atomic mass is 32.2. The monoisotopic (exact) mass is 460 g/mol. The van der Waals surface area contributed by atoms with Gasteiger partial charge in [-0.15, -0.1) is 10.2 Å². The lowest BCUT2D eigenvalue weighted by atomic mass is 9.97. The second-order valence-corrected chi connectivity index (χ2v) is 10.5. The number of nitrogens with zero attached hydrogens (tertiary/aromatic N) is 3. The predicted molar refractivity (Wildman–Crippen MR) is 107 cm³/mol. The molecule has 29 heavy (non-hydrogen) atoms. The molecule has 0 spiro atoms. The molecule has 0 saturated carbocycles. The van der Waals surface area contributed by atoms with Crippen LogP contribution >= 0.6 is 23.1 Å². The van der Waals surface area contributed by atoms with E-state index in [1.807, 2.05) is 0 Å². The van der Waals surface area contributed by atoms with E-state index in [1.54, 1.807) is 12.1 Å². The van der Waals surface area contributed by atoms with Gasteiger partial charge in [-0.25, -0.2) is 17.5 Å². The van der Waals surface area contributed by atoms with Crippen LogP contribution in [0.15, 0.2) is 20.9 Å². The average Bonchev–Trinajstić information content (AvgIpc) is 3.34. The van der Waals surface area contributed by atoms with Crippen molar-refractivity contribution in [2.24, 2.45) is 5.92 Å². The van der Waals surface area contributed by atoms with Crippen LogP contribution in [-0.2, 0) is 25.3 Å². The molecule has 0 unspecified atom stereocenters. The molecule has 1 amide bonds. The minimum Gasteiger partial charge on any atom is -0.463 e. The molecule has 0 atom stereocenters. The summed E-state index contributed by atoms with van der Waals surface area (Å²) in [4.78, 5) is 23.8. The van der Waals surface area contributed by atoms with E-state index in [9.17, 15) is 18.0 Å². The highest BCUT2D eigenvalue weighted by Crippen LogP contribution is 2.30. The van der Waals surface area contributed by atoms with Gasteiger partial charge in [0.15, 0.2) is 4.34 Å². The van der Waals surface area contributed by atoms with Crippen LogP contribution in [0, 0.1) is 5.92 Å². The lowest BCUT2D eigenvalue weighted by Crippen LogP contribution is -2.40. The third kappa shape index (κ3) is 5.78. The molecular weight excluding hydrogens is 440 g/mol. The second kappa shape index (κ2) is 9.24. The van der Waals surface area contributed by atoms with Gasteiger partial charge in [0.25, 0.3) is 0 Å². The Labute approximate surface area is 176 Å². The number of esters is 1. The molecule has 1 saturated heterocycles. The van der Waals surface area contributed by atoms with Crippen molar-refractivity contribution in [2.45, 2.75) is 22.9 Å². The molecule has 3 heterocycles. The minimum atomic E-state index is -3.22. The molecule has 1 fully saturated rings. The maximum absolute atomic E-state index is 12.4. The zero-order valence-electron chi connectivity index (χ0n) is 15.8. The molecule has 0 bridgehead atoms. The summed E-state index contributed by atoms with van der Waals surface area (Å²) in [6.45, 7) is 0.676. The van der Waals surface area contributed by atoms with Gasteiger partial charge in [0, 0.05) is 19.0 Å². The molecule has 1 aliphatic rings. The maximum Gasteiger partial charge on any atom is 0.373 e. The van der Waals surface area contributed by atoms with Gasteiger partial charge in [-0.05, 0) is 25.0 Å². The smallest absolute Gasteiger partial charge is 0.373 e. The number of aromatic nitrogens is 2. The van der Waals surface area contributed by atoms with E-state index in [2.05, 4.69) is 20.3 Å². The number of anilines is 1. The van der Waals surface area contributed by atoms with Gasteiger partial charge < -0.3 is 14.5 Å². The number of nitrogens with one attached hydrogen (secondary N) is 1. The van der Waals surface area contributed by atoms with Crippen molar-refractivity contribution in [2.75, 3.05) is 31.8 Å². The van der Waals surface area contributed by atoms with Crippen molar-refractivity contribution in [1.82, 2.24) is 14.5 Å². The molecule has 2 aromatic rings. The Balaban J connectivity index is 1.48. The molecular formula is C16H20N4O6S3. The summed E-state index contributed by atoms with van der Waals surface area (Å²) >= 11 is 2.60. The van der Waals surface area contributed by atoms with Crippen molar-refractivity contribution in [3.05, 3.63) is 23.7 Å². The summed E-state index contributed by atoms with van der Waals surface area (Å²) in [6.07, 6.45) is 2.12. The van der Waals surface area contributed by atoms with Crippen LogP contribution < -0.4 is 5.32 Å². The van der Waals surface area contributed by atoms with Gasteiger partial charge in [-0.3, -0.25) is 4.79 Å². The maximum atomic E-state index is 12.4. The Morgan fingerprint density at radius 1 is 1.34 bits per heavy atom. The SMILES string of the molecule is COC(=O)c1ccc(CSc2nnc(NC(=O)C3CCN(S(C)(=O)=O)CC3)s2)o1. The Hall–Kier alpha value is -1.96. The molecule has 13 heteroatoms. The van der Waals surface area contributed by atoms with E-state index in [4.69, 9.17) is 4.42 Å². The molecule has 3 rings (SSSR count). The number of sulfonamides is 1. The number of methoxy groups -OCH3 is 1. The van der Waals surface area contributed by atoms with Crippen LogP contribution in [0.25, 0.3) is 0 Å². The van der Waals surface area contributed by atoms with Crippen LogP contribution in [0.5, 0.6) is 0 Å². The highest BCUT2D eigenvalue weighted by molar-refractivity contribution is 8.00. The number of ether oxygens (including phenoxy) is 1. The predicted octanol–water partition coefficient (Wildman–Crippen LogP) is 1.82. The summed E-state index contributed by atoms with van der Waals surface area (Å²) in [5, 5.41) is 11.1. The normalized spacial score (nSPS) is 15.9. The topological polar surface area (TPSA) is 132 Å². The number of carbonyl (C=O) groups excluding carboxylic acids is 2. The summed E-state index contributed by atoms with van der Waals surface area (Å²) < 4.78 is 35.1. The molecule has 158 valence electrons. The van der Waals surface area contributed by atoms with Crippen LogP contribution in [0.3, 0.4) is 0 Å². The minimum absolute atomic E-state index is 0.134.